The molecule has 1 unspecified atom stereocenters. The third-order valence-corrected chi connectivity index (χ3v) is 4.87. The lowest BCUT2D eigenvalue weighted by Crippen LogP contribution is -2.54. The Labute approximate surface area is 131 Å². The highest BCUT2D eigenvalue weighted by Crippen LogP contribution is 2.22. The largest absolute Gasteiger partial charge is 0.380 e. The van der Waals surface area contributed by atoms with Gasteiger partial charge in [0, 0.05) is 37.6 Å². The molecule has 0 aromatic rings. The predicted molar refractivity (Wildman–Crippen MR) is 88.8 cm³/mol. The standard InChI is InChI=1S/C17H35N3O/c1-17(2,20-8-6-5-7-9-20)15-19-10-11-21-14-16(13-19)12-18(3)4/h16H,5-15H2,1-4H3. The van der Waals surface area contributed by atoms with Gasteiger partial charge in [-0.15, -0.1) is 0 Å². The van der Waals surface area contributed by atoms with Gasteiger partial charge in [-0.05, 0) is 53.9 Å². The van der Waals surface area contributed by atoms with E-state index in [-0.39, 0.29) is 5.54 Å². The zero-order valence-electron chi connectivity index (χ0n) is 14.6. The number of hydrogen-bond donors (Lipinski definition) is 0. The van der Waals surface area contributed by atoms with Crippen LogP contribution >= 0.6 is 0 Å². The molecule has 2 aliphatic rings. The van der Waals surface area contributed by atoms with Crippen molar-refractivity contribution >= 4 is 0 Å². The summed E-state index contributed by atoms with van der Waals surface area (Å²) in [5.41, 5.74) is 0.285. The number of ether oxygens (including phenoxy) is 1. The van der Waals surface area contributed by atoms with Gasteiger partial charge in [-0.25, -0.2) is 0 Å². The SMILES string of the molecule is CN(C)CC1COCCN(CC(C)(C)N2CCCCC2)C1. The van der Waals surface area contributed by atoms with Crippen molar-refractivity contribution in [2.45, 2.75) is 38.6 Å². The molecule has 2 saturated heterocycles. The molecule has 0 amide bonds. The van der Waals surface area contributed by atoms with E-state index in [1.807, 2.05) is 0 Å². The van der Waals surface area contributed by atoms with Crippen LogP contribution in [0.25, 0.3) is 0 Å². The van der Waals surface area contributed by atoms with Crippen LogP contribution in [0.5, 0.6) is 0 Å². The first-order valence-corrected chi connectivity index (χ1v) is 8.67. The highest BCUT2D eigenvalue weighted by atomic mass is 16.5. The molecular weight excluding hydrogens is 262 g/mol. The van der Waals surface area contributed by atoms with Crippen LogP contribution in [-0.2, 0) is 4.74 Å². The van der Waals surface area contributed by atoms with E-state index in [1.54, 1.807) is 0 Å². The second kappa shape index (κ2) is 7.91. The molecule has 4 heteroatoms. The van der Waals surface area contributed by atoms with Gasteiger partial charge in [-0.1, -0.05) is 6.42 Å². The average Bonchev–Trinajstić information content (AvgIpc) is 2.63. The van der Waals surface area contributed by atoms with Gasteiger partial charge in [-0.3, -0.25) is 9.80 Å². The molecule has 0 radical (unpaired) electrons. The summed E-state index contributed by atoms with van der Waals surface area (Å²) < 4.78 is 5.82. The Balaban J connectivity index is 1.89. The molecule has 0 N–H and O–H groups in total. The van der Waals surface area contributed by atoms with Crippen molar-refractivity contribution in [2.24, 2.45) is 5.92 Å². The van der Waals surface area contributed by atoms with E-state index in [0.717, 1.165) is 26.3 Å². The fraction of sp³-hybridized carbons (Fsp3) is 1.00. The minimum atomic E-state index is 0.285. The summed E-state index contributed by atoms with van der Waals surface area (Å²) in [6.07, 6.45) is 4.15. The lowest BCUT2D eigenvalue weighted by atomic mass is 9.97. The first kappa shape index (κ1) is 17.2. The number of nitrogens with zero attached hydrogens (tertiary/aromatic N) is 3. The summed E-state index contributed by atoms with van der Waals surface area (Å²) in [5.74, 6) is 0.639. The van der Waals surface area contributed by atoms with Gasteiger partial charge in [0.15, 0.2) is 0 Å². The monoisotopic (exact) mass is 297 g/mol. The maximum Gasteiger partial charge on any atom is 0.0593 e. The molecule has 4 nitrogen and oxygen atoms in total. The normalized spacial score (nSPS) is 27.0. The van der Waals surface area contributed by atoms with Crippen LogP contribution in [0.4, 0.5) is 0 Å². The lowest BCUT2D eigenvalue weighted by molar-refractivity contribution is 0.0538. The van der Waals surface area contributed by atoms with Crippen molar-refractivity contribution in [1.29, 1.82) is 0 Å². The molecule has 0 spiro atoms. The number of rotatable bonds is 5. The second-order valence-corrected chi connectivity index (χ2v) is 7.80. The van der Waals surface area contributed by atoms with Gasteiger partial charge in [0.25, 0.3) is 0 Å². The van der Waals surface area contributed by atoms with E-state index < -0.39 is 0 Å². The van der Waals surface area contributed by atoms with Gasteiger partial charge in [0.2, 0.25) is 0 Å². The van der Waals surface area contributed by atoms with Crippen molar-refractivity contribution < 1.29 is 4.74 Å². The summed E-state index contributed by atoms with van der Waals surface area (Å²) in [5, 5.41) is 0. The second-order valence-electron chi connectivity index (χ2n) is 7.80. The first-order chi connectivity index (χ1) is 9.97. The van der Waals surface area contributed by atoms with Crippen molar-refractivity contribution in [3.05, 3.63) is 0 Å². The van der Waals surface area contributed by atoms with Gasteiger partial charge in [0.1, 0.15) is 0 Å². The number of piperidine rings is 1. The molecule has 0 saturated carbocycles. The van der Waals surface area contributed by atoms with Crippen molar-refractivity contribution in [3.63, 3.8) is 0 Å². The van der Waals surface area contributed by atoms with Gasteiger partial charge in [-0.2, -0.15) is 0 Å². The van der Waals surface area contributed by atoms with E-state index in [9.17, 15) is 0 Å². The predicted octanol–water partition coefficient (Wildman–Crippen LogP) is 1.76. The zero-order valence-corrected chi connectivity index (χ0v) is 14.6. The Morgan fingerprint density at radius 3 is 2.48 bits per heavy atom. The van der Waals surface area contributed by atoms with Crippen LogP contribution in [0.3, 0.4) is 0 Å². The number of hydrogen-bond acceptors (Lipinski definition) is 4. The summed E-state index contributed by atoms with van der Waals surface area (Å²) in [7, 11) is 4.32. The van der Waals surface area contributed by atoms with E-state index in [1.165, 1.54) is 45.4 Å². The Kier molecular flexibility index (Phi) is 6.48. The maximum absolute atomic E-state index is 5.82. The molecule has 2 rings (SSSR count). The summed E-state index contributed by atoms with van der Waals surface area (Å²) >= 11 is 0. The average molecular weight is 297 g/mol. The van der Waals surface area contributed by atoms with E-state index in [4.69, 9.17) is 4.74 Å². The van der Waals surface area contributed by atoms with Crippen LogP contribution in [0.2, 0.25) is 0 Å². The Morgan fingerprint density at radius 2 is 1.81 bits per heavy atom. The molecule has 2 aliphatic heterocycles. The highest BCUT2D eigenvalue weighted by molar-refractivity contribution is 4.88. The molecule has 2 fully saturated rings. The maximum atomic E-state index is 5.82. The van der Waals surface area contributed by atoms with Crippen LogP contribution < -0.4 is 0 Å². The van der Waals surface area contributed by atoms with E-state index in [0.29, 0.717) is 5.92 Å². The molecule has 0 aliphatic carbocycles. The molecule has 1 atom stereocenters. The molecule has 21 heavy (non-hydrogen) atoms. The third kappa shape index (κ3) is 5.51. The Morgan fingerprint density at radius 1 is 1.10 bits per heavy atom. The minimum absolute atomic E-state index is 0.285. The fourth-order valence-electron chi connectivity index (χ4n) is 3.87. The molecule has 124 valence electrons. The van der Waals surface area contributed by atoms with Gasteiger partial charge < -0.3 is 9.64 Å². The molecule has 0 aromatic carbocycles. The van der Waals surface area contributed by atoms with E-state index in [2.05, 4.69) is 42.6 Å². The molecule has 2 heterocycles. The smallest absolute Gasteiger partial charge is 0.0593 e. The van der Waals surface area contributed by atoms with Crippen LogP contribution in [0, 0.1) is 5.92 Å². The van der Waals surface area contributed by atoms with Gasteiger partial charge in [0.05, 0.1) is 13.2 Å². The Bertz CT molecular complexity index is 300. The van der Waals surface area contributed by atoms with Crippen LogP contribution in [0.15, 0.2) is 0 Å². The zero-order chi connectivity index (χ0) is 15.3. The minimum Gasteiger partial charge on any atom is -0.380 e. The lowest BCUT2D eigenvalue weighted by Gasteiger charge is -2.44. The first-order valence-electron chi connectivity index (χ1n) is 8.67. The third-order valence-electron chi connectivity index (χ3n) is 4.87. The molecular formula is C17H35N3O. The van der Waals surface area contributed by atoms with Crippen LogP contribution in [0.1, 0.15) is 33.1 Å². The summed E-state index contributed by atoms with van der Waals surface area (Å²) in [6, 6.07) is 0. The van der Waals surface area contributed by atoms with E-state index >= 15 is 0 Å². The summed E-state index contributed by atoms with van der Waals surface area (Å²) in [4.78, 5) is 7.62. The quantitative estimate of drug-likeness (QED) is 0.770. The van der Waals surface area contributed by atoms with Crippen molar-refractivity contribution in [2.75, 3.05) is 66.6 Å². The number of likely N-dealkylation sites (tertiary alicyclic amines) is 1. The van der Waals surface area contributed by atoms with Crippen molar-refractivity contribution in [3.8, 4) is 0 Å². The highest BCUT2D eigenvalue weighted by Gasteiger charge is 2.31. The van der Waals surface area contributed by atoms with Crippen LogP contribution in [-0.4, -0.2) is 86.8 Å². The van der Waals surface area contributed by atoms with Crippen molar-refractivity contribution in [1.82, 2.24) is 14.7 Å². The summed E-state index contributed by atoms with van der Waals surface area (Å²) in [6.45, 7) is 13.8. The topological polar surface area (TPSA) is 19.0 Å². The molecule has 0 aromatic heterocycles. The Hall–Kier alpha value is -0.160. The van der Waals surface area contributed by atoms with Gasteiger partial charge >= 0.3 is 0 Å². The molecule has 0 bridgehead atoms. The fourth-order valence-corrected chi connectivity index (χ4v) is 3.87.